The Labute approximate surface area is 120 Å². The lowest BCUT2D eigenvalue weighted by Crippen LogP contribution is -2.30. The Hall–Kier alpha value is -1.11. The van der Waals surface area contributed by atoms with Gasteiger partial charge in [-0.3, -0.25) is 0 Å². The van der Waals surface area contributed by atoms with Crippen LogP contribution in [0, 0.1) is 19.8 Å². The standard InChI is InChI=1S/C14H22N2O3S/c1-10-7-13(15)8-11(2)14(10)20(18,19)16-5-3-12(9-16)4-6-17/h7-8,12,17H,3-6,9,15H2,1-2H3. The molecule has 0 bridgehead atoms. The first kappa shape index (κ1) is 15.3. The van der Waals surface area contributed by atoms with Gasteiger partial charge in [0.2, 0.25) is 10.0 Å². The van der Waals surface area contributed by atoms with Crippen LogP contribution in [-0.2, 0) is 10.0 Å². The number of nitrogen functional groups attached to an aromatic ring is 1. The molecule has 1 saturated heterocycles. The summed E-state index contributed by atoms with van der Waals surface area (Å²) < 4.78 is 27.0. The Bertz CT molecular complexity index is 575. The molecule has 2 rings (SSSR count). The molecule has 5 nitrogen and oxygen atoms in total. The third kappa shape index (κ3) is 2.82. The summed E-state index contributed by atoms with van der Waals surface area (Å²) in [4.78, 5) is 0.372. The summed E-state index contributed by atoms with van der Waals surface area (Å²) in [6.45, 7) is 4.68. The van der Waals surface area contributed by atoms with E-state index in [-0.39, 0.29) is 12.5 Å². The number of aliphatic hydroxyl groups excluding tert-OH is 1. The maximum atomic E-state index is 12.8. The van der Waals surface area contributed by atoms with Crippen molar-refractivity contribution in [3.05, 3.63) is 23.3 Å². The van der Waals surface area contributed by atoms with Gasteiger partial charge < -0.3 is 10.8 Å². The fraction of sp³-hybridized carbons (Fsp3) is 0.571. The quantitative estimate of drug-likeness (QED) is 0.820. The molecule has 0 radical (unpaired) electrons. The number of benzene rings is 1. The number of hydrogen-bond donors (Lipinski definition) is 2. The Balaban J connectivity index is 2.33. The minimum atomic E-state index is -3.47. The second kappa shape index (κ2) is 5.71. The summed E-state index contributed by atoms with van der Waals surface area (Å²) in [5, 5.41) is 8.97. The fourth-order valence-corrected chi connectivity index (χ4v) is 4.90. The molecule has 1 fully saturated rings. The molecule has 1 heterocycles. The predicted molar refractivity (Wildman–Crippen MR) is 78.9 cm³/mol. The predicted octanol–water partition coefficient (Wildman–Crippen LogP) is 1.28. The molecular weight excluding hydrogens is 276 g/mol. The van der Waals surface area contributed by atoms with Gasteiger partial charge in [0.1, 0.15) is 0 Å². The first-order valence-corrected chi connectivity index (χ1v) is 8.28. The number of anilines is 1. The van der Waals surface area contributed by atoms with E-state index in [0.29, 0.717) is 41.2 Å². The van der Waals surface area contributed by atoms with Gasteiger partial charge in [0.15, 0.2) is 0 Å². The van der Waals surface area contributed by atoms with Gasteiger partial charge in [0.05, 0.1) is 4.90 Å². The fourth-order valence-electron chi connectivity index (χ4n) is 2.95. The van der Waals surface area contributed by atoms with Crippen LogP contribution in [0.2, 0.25) is 0 Å². The number of nitrogens with two attached hydrogens (primary N) is 1. The lowest BCUT2D eigenvalue weighted by molar-refractivity contribution is 0.259. The highest BCUT2D eigenvalue weighted by atomic mass is 32.2. The smallest absolute Gasteiger partial charge is 0.243 e. The second-order valence-corrected chi connectivity index (χ2v) is 7.39. The van der Waals surface area contributed by atoms with Crippen LogP contribution in [0.15, 0.2) is 17.0 Å². The molecule has 0 aromatic heterocycles. The van der Waals surface area contributed by atoms with Crippen molar-refractivity contribution in [2.24, 2.45) is 5.92 Å². The third-order valence-electron chi connectivity index (χ3n) is 3.87. The monoisotopic (exact) mass is 298 g/mol. The molecule has 0 saturated carbocycles. The SMILES string of the molecule is Cc1cc(N)cc(C)c1S(=O)(=O)N1CCC(CCO)C1. The van der Waals surface area contributed by atoms with E-state index < -0.39 is 10.0 Å². The van der Waals surface area contributed by atoms with Gasteiger partial charge in [-0.1, -0.05) is 0 Å². The van der Waals surface area contributed by atoms with Gasteiger partial charge >= 0.3 is 0 Å². The normalized spacial score (nSPS) is 20.4. The minimum absolute atomic E-state index is 0.110. The zero-order valence-electron chi connectivity index (χ0n) is 12.0. The summed E-state index contributed by atoms with van der Waals surface area (Å²) in [5.74, 6) is 0.254. The Kier molecular flexibility index (Phi) is 4.36. The average Bonchev–Trinajstić information content (AvgIpc) is 2.76. The van der Waals surface area contributed by atoms with E-state index in [1.165, 1.54) is 4.31 Å². The van der Waals surface area contributed by atoms with Crippen LogP contribution >= 0.6 is 0 Å². The highest BCUT2D eigenvalue weighted by molar-refractivity contribution is 7.89. The topological polar surface area (TPSA) is 83.6 Å². The zero-order valence-corrected chi connectivity index (χ0v) is 12.8. The Morgan fingerprint density at radius 3 is 2.50 bits per heavy atom. The lowest BCUT2D eigenvalue weighted by atomic mass is 10.1. The van der Waals surface area contributed by atoms with Gasteiger partial charge in [0, 0.05) is 25.4 Å². The lowest BCUT2D eigenvalue weighted by Gasteiger charge is -2.20. The van der Waals surface area contributed by atoms with Gasteiger partial charge in [-0.2, -0.15) is 4.31 Å². The van der Waals surface area contributed by atoms with Crippen molar-refractivity contribution in [2.45, 2.75) is 31.6 Å². The van der Waals surface area contributed by atoms with Gasteiger partial charge in [-0.25, -0.2) is 8.42 Å². The minimum Gasteiger partial charge on any atom is -0.399 e. The highest BCUT2D eigenvalue weighted by Gasteiger charge is 2.33. The van der Waals surface area contributed by atoms with Crippen molar-refractivity contribution < 1.29 is 13.5 Å². The van der Waals surface area contributed by atoms with Crippen LogP contribution in [0.5, 0.6) is 0 Å². The molecule has 1 aromatic carbocycles. The molecule has 112 valence electrons. The zero-order chi connectivity index (χ0) is 14.9. The summed E-state index contributed by atoms with van der Waals surface area (Å²) in [7, 11) is -3.47. The van der Waals surface area contributed by atoms with Gasteiger partial charge in [0.25, 0.3) is 0 Å². The largest absolute Gasteiger partial charge is 0.399 e. The molecule has 0 aliphatic carbocycles. The highest BCUT2D eigenvalue weighted by Crippen LogP contribution is 2.30. The summed E-state index contributed by atoms with van der Waals surface area (Å²) in [6, 6.07) is 3.39. The van der Waals surface area contributed by atoms with Crippen LogP contribution in [0.3, 0.4) is 0 Å². The van der Waals surface area contributed by atoms with E-state index in [1.54, 1.807) is 26.0 Å². The molecule has 1 aliphatic rings. The van der Waals surface area contributed by atoms with Crippen molar-refractivity contribution in [1.82, 2.24) is 4.31 Å². The van der Waals surface area contributed by atoms with Crippen molar-refractivity contribution in [2.75, 3.05) is 25.4 Å². The van der Waals surface area contributed by atoms with Crippen LogP contribution < -0.4 is 5.73 Å². The first-order valence-electron chi connectivity index (χ1n) is 6.84. The number of sulfonamides is 1. The molecule has 6 heteroatoms. The van der Waals surface area contributed by atoms with Gasteiger partial charge in [-0.05, 0) is 55.9 Å². The van der Waals surface area contributed by atoms with E-state index >= 15 is 0 Å². The molecule has 20 heavy (non-hydrogen) atoms. The molecule has 1 aliphatic heterocycles. The summed E-state index contributed by atoms with van der Waals surface area (Å²) >= 11 is 0. The molecule has 1 aromatic rings. The van der Waals surface area contributed by atoms with Crippen LogP contribution in [0.4, 0.5) is 5.69 Å². The molecule has 1 unspecified atom stereocenters. The van der Waals surface area contributed by atoms with E-state index in [4.69, 9.17) is 10.8 Å². The van der Waals surface area contributed by atoms with Crippen LogP contribution in [-0.4, -0.2) is 37.5 Å². The van der Waals surface area contributed by atoms with Crippen molar-refractivity contribution >= 4 is 15.7 Å². The first-order chi connectivity index (χ1) is 9.36. The molecule has 0 amide bonds. The summed E-state index contributed by atoms with van der Waals surface area (Å²) in [6.07, 6.45) is 1.47. The summed E-state index contributed by atoms with van der Waals surface area (Å²) in [5.41, 5.74) is 7.71. The number of aryl methyl sites for hydroxylation is 2. The van der Waals surface area contributed by atoms with Crippen LogP contribution in [0.25, 0.3) is 0 Å². The third-order valence-corrected chi connectivity index (χ3v) is 6.04. The second-order valence-electron chi connectivity index (χ2n) is 5.51. The number of hydrogen-bond acceptors (Lipinski definition) is 4. The van der Waals surface area contributed by atoms with Crippen molar-refractivity contribution in [3.8, 4) is 0 Å². The molecule has 1 atom stereocenters. The molecular formula is C14H22N2O3S. The van der Waals surface area contributed by atoms with Gasteiger partial charge in [-0.15, -0.1) is 0 Å². The molecule has 0 spiro atoms. The Morgan fingerprint density at radius 1 is 1.35 bits per heavy atom. The average molecular weight is 298 g/mol. The maximum absolute atomic E-state index is 12.8. The molecule has 3 N–H and O–H groups in total. The van der Waals surface area contributed by atoms with E-state index in [0.717, 1.165) is 6.42 Å². The van der Waals surface area contributed by atoms with E-state index in [2.05, 4.69) is 0 Å². The van der Waals surface area contributed by atoms with E-state index in [9.17, 15) is 8.42 Å². The number of aliphatic hydroxyl groups is 1. The number of rotatable bonds is 4. The van der Waals surface area contributed by atoms with Crippen molar-refractivity contribution in [1.29, 1.82) is 0 Å². The van der Waals surface area contributed by atoms with Crippen molar-refractivity contribution in [3.63, 3.8) is 0 Å². The Morgan fingerprint density at radius 2 is 1.95 bits per heavy atom. The van der Waals surface area contributed by atoms with Crippen LogP contribution in [0.1, 0.15) is 24.0 Å². The maximum Gasteiger partial charge on any atom is 0.243 e. The number of nitrogens with zero attached hydrogens (tertiary/aromatic N) is 1. The van der Waals surface area contributed by atoms with E-state index in [1.807, 2.05) is 0 Å².